The zero-order valence-electron chi connectivity index (χ0n) is 20.8. The van der Waals surface area contributed by atoms with Crippen molar-refractivity contribution in [1.29, 1.82) is 0 Å². The number of H-pyrrole nitrogens is 1. The molecule has 1 saturated carbocycles. The van der Waals surface area contributed by atoms with Crippen LogP contribution in [0.4, 0.5) is 5.82 Å². The number of pyridine rings is 1. The molecule has 1 N–H and O–H groups in total. The average molecular weight is 480 g/mol. The van der Waals surface area contributed by atoms with Crippen LogP contribution in [0.25, 0.3) is 33.8 Å². The van der Waals surface area contributed by atoms with E-state index in [2.05, 4.69) is 40.0 Å². The highest BCUT2D eigenvalue weighted by molar-refractivity contribution is 5.80. The van der Waals surface area contributed by atoms with Crippen LogP contribution in [0.1, 0.15) is 36.3 Å². The summed E-state index contributed by atoms with van der Waals surface area (Å²) in [4.78, 5) is 12.0. The molecule has 36 heavy (non-hydrogen) atoms. The van der Waals surface area contributed by atoms with E-state index in [4.69, 9.17) is 15.2 Å². The molecule has 0 radical (unpaired) electrons. The minimum Gasteiger partial charge on any atom is -0.356 e. The van der Waals surface area contributed by atoms with Crippen LogP contribution < -0.4 is 4.90 Å². The Labute approximate surface area is 209 Å². The smallest absolute Gasteiger partial charge is 0.167 e. The Hall–Kier alpha value is -4.01. The first-order valence-electron chi connectivity index (χ1n) is 12.7. The van der Waals surface area contributed by atoms with Gasteiger partial charge in [-0.25, -0.2) is 14.2 Å². The van der Waals surface area contributed by atoms with Crippen molar-refractivity contribution in [3.05, 3.63) is 59.9 Å². The number of nitrogens with one attached hydrogen (secondary N) is 1. The van der Waals surface area contributed by atoms with Crippen molar-refractivity contribution in [3.63, 3.8) is 0 Å². The van der Waals surface area contributed by atoms with Gasteiger partial charge < -0.3 is 4.90 Å². The highest BCUT2D eigenvalue weighted by atomic mass is 15.3. The van der Waals surface area contributed by atoms with Crippen molar-refractivity contribution >= 4 is 11.5 Å². The molecule has 0 spiro atoms. The Morgan fingerprint density at radius 2 is 1.86 bits per heavy atom. The van der Waals surface area contributed by atoms with Gasteiger partial charge in [0.1, 0.15) is 5.82 Å². The fourth-order valence-corrected chi connectivity index (χ4v) is 6.18. The van der Waals surface area contributed by atoms with Crippen molar-refractivity contribution in [2.75, 3.05) is 18.0 Å². The summed E-state index contributed by atoms with van der Waals surface area (Å²) < 4.78 is 3.92. The molecule has 1 saturated heterocycles. The molecular weight excluding hydrogens is 450 g/mol. The Balaban J connectivity index is 1.44. The summed E-state index contributed by atoms with van der Waals surface area (Å²) >= 11 is 0. The number of hydrogen-bond donors (Lipinski definition) is 1. The van der Waals surface area contributed by atoms with Gasteiger partial charge in [-0.3, -0.25) is 10.1 Å². The number of aromatic amines is 1. The Morgan fingerprint density at radius 1 is 1.03 bits per heavy atom. The third-order valence-electron chi connectivity index (χ3n) is 7.82. The molecule has 1 aliphatic heterocycles. The SMILES string of the molecule is Cc1cc(-c2cnn3c(-c4c(C)nn(-c5cccnc5)c4C)cc(N4CC5CCC(C5)C4)nc23)[nH]n1. The fourth-order valence-electron chi connectivity index (χ4n) is 6.18. The normalized spacial score (nSPS) is 19.5. The summed E-state index contributed by atoms with van der Waals surface area (Å²) in [7, 11) is 0. The minimum atomic E-state index is 0.765. The third kappa shape index (κ3) is 3.33. The molecule has 0 aromatic carbocycles. The summed E-state index contributed by atoms with van der Waals surface area (Å²) in [5.41, 5.74) is 8.66. The van der Waals surface area contributed by atoms with Gasteiger partial charge in [-0.2, -0.15) is 15.3 Å². The minimum absolute atomic E-state index is 0.765. The van der Waals surface area contributed by atoms with Crippen LogP contribution in [-0.4, -0.2) is 52.6 Å². The van der Waals surface area contributed by atoms with Gasteiger partial charge in [-0.1, -0.05) is 0 Å². The van der Waals surface area contributed by atoms with Gasteiger partial charge in [0, 0.05) is 30.9 Å². The largest absolute Gasteiger partial charge is 0.356 e. The number of nitrogens with zero attached hydrogens (tertiary/aromatic N) is 8. The number of hydrogen-bond acceptors (Lipinski definition) is 6. The van der Waals surface area contributed by atoms with E-state index in [-0.39, 0.29) is 0 Å². The van der Waals surface area contributed by atoms with E-state index in [1.807, 2.05) is 46.7 Å². The zero-order valence-corrected chi connectivity index (χ0v) is 20.8. The van der Waals surface area contributed by atoms with Crippen molar-refractivity contribution in [1.82, 2.24) is 39.6 Å². The molecule has 9 nitrogen and oxygen atoms in total. The lowest BCUT2D eigenvalue weighted by Crippen LogP contribution is -2.37. The third-order valence-corrected chi connectivity index (χ3v) is 7.82. The molecule has 7 rings (SSSR count). The van der Waals surface area contributed by atoms with E-state index in [0.717, 1.165) is 81.7 Å². The van der Waals surface area contributed by atoms with Crippen molar-refractivity contribution in [2.24, 2.45) is 11.8 Å². The molecule has 0 amide bonds. The second-order valence-corrected chi connectivity index (χ2v) is 10.3. The summed E-state index contributed by atoms with van der Waals surface area (Å²) in [6.07, 6.45) is 9.52. The molecule has 2 aliphatic rings. The van der Waals surface area contributed by atoms with E-state index in [9.17, 15) is 0 Å². The van der Waals surface area contributed by atoms with E-state index in [1.165, 1.54) is 19.3 Å². The number of aryl methyl sites for hydroxylation is 2. The van der Waals surface area contributed by atoms with Crippen LogP contribution >= 0.6 is 0 Å². The number of anilines is 1. The van der Waals surface area contributed by atoms with Gasteiger partial charge in [-0.15, -0.1) is 0 Å². The van der Waals surface area contributed by atoms with E-state index >= 15 is 0 Å². The maximum Gasteiger partial charge on any atom is 0.167 e. The number of rotatable bonds is 4. The Kier molecular flexibility index (Phi) is 4.74. The maximum atomic E-state index is 5.19. The van der Waals surface area contributed by atoms with Crippen LogP contribution in [0.5, 0.6) is 0 Å². The van der Waals surface area contributed by atoms with Crippen molar-refractivity contribution in [3.8, 4) is 28.2 Å². The summed E-state index contributed by atoms with van der Waals surface area (Å²) in [5, 5.41) is 17.2. The topological polar surface area (TPSA) is 92.8 Å². The van der Waals surface area contributed by atoms with Gasteiger partial charge in [0.25, 0.3) is 0 Å². The van der Waals surface area contributed by atoms with Crippen LogP contribution in [-0.2, 0) is 0 Å². The van der Waals surface area contributed by atoms with E-state index < -0.39 is 0 Å². The standard InChI is InChI=1S/C27H29N9/c1-16-9-23(32-31-16)22-13-29-36-24(26-17(2)33-35(18(26)3)21-5-4-8-28-12-21)11-25(30-27(22)36)34-14-19-6-7-20(10-19)15-34/h4-5,8-9,11-13,19-20H,6-7,10,14-15H2,1-3H3,(H,31,32). The predicted molar refractivity (Wildman–Crippen MR) is 138 cm³/mol. The molecule has 2 atom stereocenters. The molecular formula is C27H29N9. The van der Waals surface area contributed by atoms with Crippen molar-refractivity contribution < 1.29 is 0 Å². The molecule has 1 aliphatic carbocycles. The van der Waals surface area contributed by atoms with Crippen LogP contribution in [0.2, 0.25) is 0 Å². The number of fused-ring (bicyclic) bond motifs is 3. The molecule has 2 fully saturated rings. The first kappa shape index (κ1) is 21.3. The molecule has 6 heterocycles. The quantitative estimate of drug-likeness (QED) is 0.407. The Morgan fingerprint density at radius 3 is 2.58 bits per heavy atom. The first-order chi connectivity index (χ1) is 17.5. The lowest BCUT2D eigenvalue weighted by atomic mass is 9.99. The van der Waals surface area contributed by atoms with Gasteiger partial charge in [0.05, 0.1) is 52.1 Å². The highest BCUT2D eigenvalue weighted by Gasteiger charge is 2.34. The summed E-state index contributed by atoms with van der Waals surface area (Å²) in [5.74, 6) is 2.54. The number of piperidine rings is 1. The second-order valence-electron chi connectivity index (χ2n) is 10.3. The maximum absolute atomic E-state index is 5.19. The Bertz CT molecular complexity index is 1560. The second kappa shape index (κ2) is 8.01. The fraction of sp³-hybridized carbons (Fsp3) is 0.370. The van der Waals surface area contributed by atoms with Crippen LogP contribution in [0.15, 0.2) is 42.9 Å². The number of aromatic nitrogens is 8. The van der Waals surface area contributed by atoms with Crippen molar-refractivity contribution in [2.45, 2.75) is 40.0 Å². The molecule has 2 unspecified atom stereocenters. The molecule has 182 valence electrons. The molecule has 9 heteroatoms. The summed E-state index contributed by atoms with van der Waals surface area (Å²) in [6, 6.07) is 8.21. The van der Waals surface area contributed by atoms with Gasteiger partial charge in [0.2, 0.25) is 0 Å². The predicted octanol–water partition coefficient (Wildman–Crippen LogP) is 4.53. The van der Waals surface area contributed by atoms with E-state index in [1.54, 1.807) is 6.20 Å². The highest BCUT2D eigenvalue weighted by Crippen LogP contribution is 2.40. The first-order valence-corrected chi connectivity index (χ1v) is 12.7. The molecule has 5 aromatic rings. The van der Waals surface area contributed by atoms with Gasteiger partial charge in [-0.05, 0) is 70.1 Å². The monoisotopic (exact) mass is 479 g/mol. The lowest BCUT2D eigenvalue weighted by Gasteiger charge is -2.33. The molecule has 5 aromatic heterocycles. The zero-order chi connectivity index (χ0) is 24.4. The average Bonchev–Trinajstić information content (AvgIpc) is 3.65. The molecule has 2 bridgehead atoms. The van der Waals surface area contributed by atoms with Gasteiger partial charge >= 0.3 is 0 Å². The lowest BCUT2D eigenvalue weighted by molar-refractivity contribution is 0.419. The van der Waals surface area contributed by atoms with Crippen LogP contribution in [0.3, 0.4) is 0 Å². The van der Waals surface area contributed by atoms with E-state index in [0.29, 0.717) is 0 Å². The summed E-state index contributed by atoms with van der Waals surface area (Å²) in [6.45, 7) is 8.29. The van der Waals surface area contributed by atoms with Gasteiger partial charge in [0.15, 0.2) is 5.65 Å². The van der Waals surface area contributed by atoms with Crippen LogP contribution in [0, 0.1) is 32.6 Å².